The van der Waals surface area contributed by atoms with E-state index in [2.05, 4.69) is 21.2 Å². The van der Waals surface area contributed by atoms with Gasteiger partial charge in [0, 0.05) is 10.0 Å². The summed E-state index contributed by atoms with van der Waals surface area (Å²) in [7, 11) is 0. The lowest BCUT2D eigenvalue weighted by Gasteiger charge is -2.32. The number of ether oxygens (including phenoxy) is 1. The minimum Gasteiger partial charge on any atom is -0.452 e. The zero-order valence-electron chi connectivity index (χ0n) is 13.1. The third kappa shape index (κ3) is 2.50. The molecule has 8 heteroatoms. The zero-order chi connectivity index (χ0) is 18.4. The van der Waals surface area contributed by atoms with Gasteiger partial charge in [-0.3, -0.25) is 14.9 Å². The number of hydrogen-bond acceptors (Lipinski definition) is 5. The molecule has 4 rings (SSSR count). The lowest BCUT2D eigenvalue weighted by Crippen LogP contribution is -2.59. The van der Waals surface area contributed by atoms with Gasteiger partial charge in [0.15, 0.2) is 5.92 Å². The molecule has 0 radical (unpaired) electrons. The first kappa shape index (κ1) is 16.5. The fraction of sp³-hybridized carbons (Fsp3) is 0.111. The molecule has 0 aromatic heterocycles. The highest BCUT2D eigenvalue weighted by molar-refractivity contribution is 9.10. The molecule has 2 unspecified atom stereocenters. The number of nitrogens with zero attached hydrogens (tertiary/aromatic N) is 1. The van der Waals surface area contributed by atoms with Gasteiger partial charge in [-0.2, -0.15) is 0 Å². The third-order valence-corrected chi connectivity index (χ3v) is 4.84. The van der Waals surface area contributed by atoms with E-state index in [-0.39, 0.29) is 0 Å². The van der Waals surface area contributed by atoms with Crippen molar-refractivity contribution in [3.8, 4) is 0 Å². The van der Waals surface area contributed by atoms with Gasteiger partial charge in [-0.1, -0.05) is 34.1 Å². The van der Waals surface area contributed by atoms with Gasteiger partial charge in [-0.25, -0.2) is 14.5 Å². The summed E-state index contributed by atoms with van der Waals surface area (Å²) in [5, 5.41) is 2.17. The maximum atomic E-state index is 13.0. The number of barbiturate groups is 1. The Morgan fingerprint density at radius 3 is 2.38 bits per heavy atom. The highest BCUT2D eigenvalue weighted by Crippen LogP contribution is 2.38. The molecule has 0 aliphatic carbocycles. The average molecular weight is 415 g/mol. The molecule has 1 N–H and O–H groups in total. The molecule has 130 valence electrons. The summed E-state index contributed by atoms with van der Waals surface area (Å²) < 4.78 is 6.06. The van der Waals surface area contributed by atoms with Gasteiger partial charge in [0.25, 0.3) is 5.91 Å². The first-order valence-electron chi connectivity index (χ1n) is 7.71. The molecule has 7 nitrogen and oxygen atoms in total. The third-order valence-electron chi connectivity index (χ3n) is 4.31. The van der Waals surface area contributed by atoms with E-state index < -0.39 is 35.8 Å². The number of hydrogen-bond donors (Lipinski definition) is 1. The molecule has 2 aliphatic heterocycles. The summed E-state index contributed by atoms with van der Waals surface area (Å²) in [5.41, 5.74) is 1.08. The highest BCUT2D eigenvalue weighted by atomic mass is 79.9. The van der Waals surface area contributed by atoms with Crippen molar-refractivity contribution in [1.82, 2.24) is 5.32 Å². The Hall–Kier alpha value is -3.00. The highest BCUT2D eigenvalue weighted by Gasteiger charge is 2.50. The molecule has 1 fully saturated rings. The second kappa shape index (κ2) is 6.06. The number of cyclic esters (lactones) is 1. The smallest absolute Gasteiger partial charge is 0.339 e. The maximum Gasteiger partial charge on any atom is 0.339 e. The number of carbonyl (C=O) groups is 4. The van der Waals surface area contributed by atoms with Crippen LogP contribution in [-0.4, -0.2) is 23.8 Å². The van der Waals surface area contributed by atoms with Crippen molar-refractivity contribution in [3.63, 3.8) is 0 Å². The second-order valence-corrected chi connectivity index (χ2v) is 6.75. The molecule has 1 saturated heterocycles. The van der Waals surface area contributed by atoms with E-state index >= 15 is 0 Å². The van der Waals surface area contributed by atoms with Crippen LogP contribution in [0.2, 0.25) is 0 Å². The molecule has 0 saturated carbocycles. The zero-order valence-corrected chi connectivity index (χ0v) is 14.7. The molecular weight excluding hydrogens is 404 g/mol. The topological polar surface area (TPSA) is 92.8 Å². The number of fused-ring (bicyclic) bond motifs is 1. The number of halogens is 1. The lowest BCUT2D eigenvalue weighted by atomic mass is 9.91. The summed E-state index contributed by atoms with van der Waals surface area (Å²) in [6.45, 7) is 0. The fourth-order valence-corrected chi connectivity index (χ4v) is 3.38. The Morgan fingerprint density at radius 2 is 1.65 bits per heavy atom. The Bertz CT molecular complexity index is 956. The number of imide groups is 2. The predicted molar refractivity (Wildman–Crippen MR) is 93.3 cm³/mol. The van der Waals surface area contributed by atoms with E-state index in [0.717, 1.165) is 9.37 Å². The van der Waals surface area contributed by atoms with E-state index in [1.807, 2.05) is 0 Å². The van der Waals surface area contributed by atoms with Crippen molar-refractivity contribution in [2.24, 2.45) is 5.92 Å². The Morgan fingerprint density at radius 1 is 0.962 bits per heavy atom. The number of benzene rings is 2. The van der Waals surface area contributed by atoms with E-state index in [1.165, 1.54) is 0 Å². The summed E-state index contributed by atoms with van der Waals surface area (Å²) in [6, 6.07) is 12.2. The number of nitrogens with one attached hydrogen (secondary N) is 1. The summed E-state index contributed by atoms with van der Waals surface area (Å²) in [4.78, 5) is 50.5. The Labute approximate surface area is 156 Å². The SMILES string of the molecule is O=C1OC(C2C(=O)NC(=O)N(c3ccc(Br)cc3)C2=O)c2ccccc21. The molecular formula is C18H11BrN2O5. The molecule has 26 heavy (non-hydrogen) atoms. The lowest BCUT2D eigenvalue weighted by molar-refractivity contribution is -0.139. The monoisotopic (exact) mass is 414 g/mol. The predicted octanol–water partition coefficient (Wildman–Crippen LogP) is 2.56. The average Bonchev–Trinajstić information content (AvgIpc) is 2.93. The number of amides is 4. The van der Waals surface area contributed by atoms with Crippen LogP contribution in [0.1, 0.15) is 22.0 Å². The van der Waals surface area contributed by atoms with Gasteiger partial charge in [-0.15, -0.1) is 0 Å². The number of esters is 1. The molecule has 4 amide bonds. The van der Waals surface area contributed by atoms with Gasteiger partial charge < -0.3 is 4.74 Å². The van der Waals surface area contributed by atoms with Crippen LogP contribution in [-0.2, 0) is 14.3 Å². The van der Waals surface area contributed by atoms with Crippen molar-refractivity contribution in [3.05, 3.63) is 64.1 Å². The van der Waals surface area contributed by atoms with E-state index in [9.17, 15) is 19.2 Å². The molecule has 0 bridgehead atoms. The maximum absolute atomic E-state index is 13.0. The van der Waals surface area contributed by atoms with Crippen LogP contribution in [0.25, 0.3) is 0 Å². The van der Waals surface area contributed by atoms with E-state index in [0.29, 0.717) is 16.8 Å². The first-order valence-corrected chi connectivity index (χ1v) is 8.51. The first-order chi connectivity index (χ1) is 12.5. The molecule has 2 heterocycles. The van der Waals surface area contributed by atoms with Crippen molar-refractivity contribution in [2.45, 2.75) is 6.10 Å². The molecule has 2 atom stereocenters. The molecule has 2 aromatic rings. The summed E-state index contributed by atoms with van der Waals surface area (Å²) in [6.07, 6.45) is -1.07. The summed E-state index contributed by atoms with van der Waals surface area (Å²) >= 11 is 3.28. The van der Waals surface area contributed by atoms with Crippen LogP contribution in [0, 0.1) is 5.92 Å². The normalized spacial score (nSPS) is 22.1. The Kier molecular flexibility index (Phi) is 3.84. The van der Waals surface area contributed by atoms with Crippen LogP contribution in [0.3, 0.4) is 0 Å². The van der Waals surface area contributed by atoms with Crippen LogP contribution in [0.5, 0.6) is 0 Å². The van der Waals surface area contributed by atoms with Crippen molar-refractivity contribution in [2.75, 3.05) is 4.90 Å². The van der Waals surface area contributed by atoms with Gasteiger partial charge in [0.2, 0.25) is 5.91 Å². The minimum absolute atomic E-state index is 0.310. The van der Waals surface area contributed by atoms with Gasteiger partial charge in [0.1, 0.15) is 6.10 Å². The number of carbonyl (C=O) groups excluding carboxylic acids is 4. The summed E-state index contributed by atoms with van der Waals surface area (Å²) in [5.74, 6) is -3.47. The van der Waals surface area contributed by atoms with Crippen molar-refractivity contribution in [1.29, 1.82) is 0 Å². The van der Waals surface area contributed by atoms with Crippen LogP contribution < -0.4 is 10.2 Å². The molecule has 0 spiro atoms. The standard InChI is InChI=1S/C18H11BrN2O5/c19-9-5-7-10(8-6-9)21-16(23)13(15(22)20-18(21)25)14-11-3-1-2-4-12(11)17(24)26-14/h1-8,13-14H,(H,20,22,25). The minimum atomic E-state index is -1.34. The molecule has 2 aliphatic rings. The van der Waals surface area contributed by atoms with Gasteiger partial charge >= 0.3 is 12.0 Å². The second-order valence-electron chi connectivity index (χ2n) is 5.84. The fourth-order valence-electron chi connectivity index (χ4n) is 3.11. The molecule has 2 aromatic carbocycles. The van der Waals surface area contributed by atoms with Gasteiger partial charge in [-0.05, 0) is 30.3 Å². The van der Waals surface area contributed by atoms with Crippen LogP contribution in [0.4, 0.5) is 10.5 Å². The largest absolute Gasteiger partial charge is 0.452 e. The number of urea groups is 1. The number of anilines is 1. The van der Waals surface area contributed by atoms with Gasteiger partial charge in [0.05, 0.1) is 11.3 Å². The van der Waals surface area contributed by atoms with Crippen LogP contribution in [0.15, 0.2) is 53.0 Å². The quantitative estimate of drug-likeness (QED) is 0.601. The van der Waals surface area contributed by atoms with Crippen LogP contribution >= 0.6 is 15.9 Å². The van der Waals surface area contributed by atoms with E-state index in [4.69, 9.17) is 4.74 Å². The Balaban J connectivity index is 1.74. The van der Waals surface area contributed by atoms with E-state index in [1.54, 1.807) is 48.5 Å². The number of rotatable bonds is 2. The van der Waals surface area contributed by atoms with Crippen molar-refractivity contribution < 1.29 is 23.9 Å². The van der Waals surface area contributed by atoms with Crippen molar-refractivity contribution >= 4 is 45.4 Å².